The number of esters is 4. The molecule has 0 fully saturated rings. The van der Waals surface area contributed by atoms with Crippen molar-refractivity contribution in [3.8, 4) is 0 Å². The molecule has 16 nitrogen and oxygen atoms in total. The molecule has 0 rings (SSSR count). The van der Waals surface area contributed by atoms with Crippen LogP contribution in [0.1, 0.15) is 233 Å². The lowest BCUT2D eigenvalue weighted by Crippen LogP contribution is -3.00. The molecular weight excluding hydrogens is 1060 g/mol. The summed E-state index contributed by atoms with van der Waals surface area (Å²) >= 11 is 0. The SMILES string of the molecule is CCCCCC(OC(=O)C[N+](C)(C)CCOC(C)=O)C(O)C/C=C/CCCCCCCC(=O)NCCCCCCCCCCNC(=O)CCCCCCC/C=C/CC(O)C(CCCCC)OC(=O)C[N+](C)(C)CCOC(C)=O.[Cl-].[Cl-]. The minimum absolute atomic E-state index is 0. The highest BCUT2D eigenvalue weighted by Crippen LogP contribution is 2.18. The fourth-order valence-corrected chi connectivity index (χ4v) is 9.10. The monoisotopic (exact) mass is 1180 g/mol. The number of amides is 2. The van der Waals surface area contributed by atoms with Crippen LogP contribution in [0.15, 0.2) is 24.3 Å². The van der Waals surface area contributed by atoms with Crippen LogP contribution >= 0.6 is 0 Å². The Morgan fingerprint density at radius 2 is 0.775 bits per heavy atom. The predicted molar refractivity (Wildman–Crippen MR) is 312 cm³/mol. The second kappa shape index (κ2) is 53.7. The first-order chi connectivity index (χ1) is 37.3. The predicted octanol–water partition coefficient (Wildman–Crippen LogP) is 4.69. The third-order valence-electron chi connectivity index (χ3n) is 14.1. The molecule has 0 aromatic heterocycles. The summed E-state index contributed by atoms with van der Waals surface area (Å²) in [4.78, 5) is 72.4. The van der Waals surface area contributed by atoms with E-state index in [1.807, 2.05) is 40.3 Å². The molecule has 80 heavy (non-hydrogen) atoms. The zero-order valence-corrected chi connectivity index (χ0v) is 53.0. The standard InChI is InChI=1S/C62H114N4O12.2ClH/c1-9-11-31-41-57(77-61(73)51-65(5,6)47-49-75-53(3)67)55(69)39-33-25-19-13-15-21-27-35-43-59(71)63-45-37-29-23-17-18-24-30-38-46-64-60(72)44-36-28-22-16-14-20-26-34-40-56(70)58(42-32-12-10-2)78-62(74)52-66(7,8)48-50-76-54(4)68;;/h25-26,33-34,55-58,69-70H,9-24,27-32,35-52H2,1-8H3;2*1H/b33-25+,34-26+;;. The first-order valence-corrected chi connectivity index (χ1v) is 30.8. The average molecular weight is 1180 g/mol. The van der Waals surface area contributed by atoms with Gasteiger partial charge in [-0.1, -0.05) is 141 Å². The first-order valence-electron chi connectivity index (χ1n) is 30.8. The molecule has 0 aliphatic heterocycles. The molecule has 0 aromatic rings. The summed E-state index contributed by atoms with van der Waals surface area (Å²) in [6, 6.07) is 0. The lowest BCUT2D eigenvalue weighted by atomic mass is 10.0. The highest BCUT2D eigenvalue weighted by atomic mass is 35.5. The Hall–Kier alpha value is -3.28. The Balaban J connectivity index is -0.0000296. The largest absolute Gasteiger partial charge is 1.00 e. The van der Waals surface area contributed by atoms with Crippen LogP contribution in [0.5, 0.6) is 0 Å². The summed E-state index contributed by atoms with van der Waals surface area (Å²) in [5.41, 5.74) is 0. The smallest absolute Gasteiger partial charge is 0.362 e. The van der Waals surface area contributed by atoms with Gasteiger partial charge in [0, 0.05) is 39.8 Å². The highest BCUT2D eigenvalue weighted by Gasteiger charge is 2.29. The molecule has 4 unspecified atom stereocenters. The number of unbranched alkanes of at least 4 members (excludes halogenated alkanes) is 21. The summed E-state index contributed by atoms with van der Waals surface area (Å²) in [7, 11) is 7.56. The van der Waals surface area contributed by atoms with E-state index in [-0.39, 0.29) is 86.8 Å². The van der Waals surface area contributed by atoms with Crippen LogP contribution in [-0.4, -0.2) is 160 Å². The molecular formula is C62H116Cl2N4O12. The Morgan fingerprint density at radius 3 is 1.11 bits per heavy atom. The van der Waals surface area contributed by atoms with Crippen molar-refractivity contribution in [2.24, 2.45) is 0 Å². The summed E-state index contributed by atoms with van der Waals surface area (Å²) in [6.07, 6.45) is 36.0. The van der Waals surface area contributed by atoms with Crippen LogP contribution in [0.4, 0.5) is 0 Å². The second-order valence-electron chi connectivity index (χ2n) is 23.1. The van der Waals surface area contributed by atoms with E-state index in [0.717, 1.165) is 154 Å². The molecule has 4 N–H and O–H groups in total. The van der Waals surface area contributed by atoms with E-state index in [2.05, 4.69) is 36.6 Å². The number of aliphatic hydroxyl groups excluding tert-OH is 2. The van der Waals surface area contributed by atoms with Gasteiger partial charge in [0.15, 0.2) is 13.1 Å². The van der Waals surface area contributed by atoms with Gasteiger partial charge in [-0.15, -0.1) is 0 Å². The van der Waals surface area contributed by atoms with Crippen molar-refractivity contribution in [2.75, 3.05) is 80.7 Å². The molecule has 4 atom stereocenters. The number of halogens is 2. The summed E-state index contributed by atoms with van der Waals surface area (Å²) < 4.78 is 22.3. The number of allylic oxidation sites excluding steroid dienone is 2. The van der Waals surface area contributed by atoms with E-state index < -0.39 is 24.4 Å². The number of hydrogen-bond donors (Lipinski definition) is 4. The molecule has 2 amide bonds. The highest BCUT2D eigenvalue weighted by molar-refractivity contribution is 5.76. The van der Waals surface area contributed by atoms with Crippen LogP contribution in [-0.2, 0) is 47.7 Å². The van der Waals surface area contributed by atoms with Crippen LogP contribution in [0.25, 0.3) is 0 Å². The Bertz CT molecular complexity index is 1520. The van der Waals surface area contributed by atoms with Crippen molar-refractivity contribution < 1.29 is 91.7 Å². The van der Waals surface area contributed by atoms with Gasteiger partial charge in [-0.3, -0.25) is 19.2 Å². The van der Waals surface area contributed by atoms with E-state index >= 15 is 0 Å². The number of carbonyl (C=O) groups is 6. The quantitative estimate of drug-likeness (QED) is 0.0216. The van der Waals surface area contributed by atoms with E-state index in [1.165, 1.54) is 39.5 Å². The summed E-state index contributed by atoms with van der Waals surface area (Å²) in [5.74, 6) is -1.11. The average Bonchev–Trinajstić information content (AvgIpc) is 3.36. The van der Waals surface area contributed by atoms with Gasteiger partial charge < -0.3 is 73.6 Å². The van der Waals surface area contributed by atoms with Crippen LogP contribution in [0.3, 0.4) is 0 Å². The molecule has 0 radical (unpaired) electrons. The lowest BCUT2D eigenvalue weighted by molar-refractivity contribution is -0.883. The van der Waals surface area contributed by atoms with Crippen molar-refractivity contribution in [1.29, 1.82) is 0 Å². The number of carbonyl (C=O) groups excluding carboxylic acids is 6. The third-order valence-corrected chi connectivity index (χ3v) is 14.1. The zero-order chi connectivity index (χ0) is 58.1. The number of quaternary nitrogens is 2. The lowest BCUT2D eigenvalue weighted by Gasteiger charge is -2.30. The third kappa shape index (κ3) is 52.8. The number of likely N-dealkylation sites (N-methyl/N-ethyl adjacent to an activating group) is 2. The van der Waals surface area contributed by atoms with Crippen molar-refractivity contribution in [2.45, 2.75) is 258 Å². The van der Waals surface area contributed by atoms with Crippen LogP contribution < -0.4 is 35.4 Å². The maximum atomic E-state index is 12.8. The molecule has 0 aliphatic carbocycles. The van der Waals surface area contributed by atoms with Gasteiger partial charge in [0.2, 0.25) is 11.8 Å². The number of nitrogens with zero attached hydrogens (tertiary/aromatic N) is 2. The Labute approximate surface area is 498 Å². The topological polar surface area (TPSA) is 204 Å². The first kappa shape index (κ1) is 80.9. The Morgan fingerprint density at radius 1 is 0.450 bits per heavy atom. The Kier molecular flexibility index (Phi) is 54.3. The fourth-order valence-electron chi connectivity index (χ4n) is 9.10. The summed E-state index contributed by atoms with van der Waals surface area (Å²) in [5, 5.41) is 28.0. The van der Waals surface area contributed by atoms with Gasteiger partial charge in [0.25, 0.3) is 0 Å². The van der Waals surface area contributed by atoms with Crippen molar-refractivity contribution in [1.82, 2.24) is 10.6 Å². The molecule has 0 saturated carbocycles. The summed E-state index contributed by atoms with van der Waals surface area (Å²) in [6.45, 7) is 10.2. The molecule has 470 valence electrons. The van der Waals surface area contributed by atoms with Crippen molar-refractivity contribution in [3.63, 3.8) is 0 Å². The minimum atomic E-state index is -0.759. The maximum Gasteiger partial charge on any atom is 0.362 e. The van der Waals surface area contributed by atoms with Gasteiger partial charge in [0.05, 0.1) is 40.4 Å². The zero-order valence-electron chi connectivity index (χ0n) is 51.5. The molecule has 0 heterocycles. The molecule has 0 aromatic carbocycles. The number of nitrogens with one attached hydrogen (secondary N) is 2. The van der Waals surface area contributed by atoms with Gasteiger partial charge in [0.1, 0.15) is 38.5 Å². The van der Waals surface area contributed by atoms with Crippen LogP contribution in [0.2, 0.25) is 0 Å². The molecule has 0 aliphatic rings. The van der Waals surface area contributed by atoms with Crippen molar-refractivity contribution in [3.05, 3.63) is 24.3 Å². The van der Waals surface area contributed by atoms with E-state index in [4.69, 9.17) is 18.9 Å². The number of ether oxygens (including phenoxy) is 4. The molecule has 0 saturated heterocycles. The number of rotatable bonds is 53. The van der Waals surface area contributed by atoms with Gasteiger partial charge in [-0.2, -0.15) is 0 Å². The maximum absolute atomic E-state index is 12.8. The molecule has 0 spiro atoms. The van der Waals surface area contributed by atoms with Crippen LogP contribution in [0, 0.1) is 0 Å². The minimum Gasteiger partial charge on any atom is -1.00 e. The number of hydrogen-bond acceptors (Lipinski definition) is 12. The number of aliphatic hydroxyl groups is 2. The van der Waals surface area contributed by atoms with Gasteiger partial charge >= 0.3 is 23.9 Å². The van der Waals surface area contributed by atoms with E-state index in [1.54, 1.807) is 0 Å². The molecule has 18 heteroatoms. The van der Waals surface area contributed by atoms with Gasteiger partial charge in [-0.05, 0) is 89.9 Å². The van der Waals surface area contributed by atoms with Gasteiger partial charge in [-0.25, -0.2) is 9.59 Å². The van der Waals surface area contributed by atoms with Crippen molar-refractivity contribution >= 4 is 35.7 Å². The van der Waals surface area contributed by atoms with E-state index in [0.29, 0.717) is 60.6 Å². The van der Waals surface area contributed by atoms with E-state index in [9.17, 15) is 39.0 Å². The normalized spacial score (nSPS) is 13.2. The molecule has 0 bridgehead atoms. The fraction of sp³-hybridized carbons (Fsp3) is 0.839. The second-order valence-corrected chi connectivity index (χ2v) is 23.1.